The van der Waals surface area contributed by atoms with Crippen molar-refractivity contribution in [3.8, 4) is 11.1 Å². The molecule has 2 heterocycles. The van der Waals surface area contributed by atoms with Crippen molar-refractivity contribution in [2.75, 3.05) is 25.0 Å². The van der Waals surface area contributed by atoms with Crippen molar-refractivity contribution in [1.82, 2.24) is 19.6 Å². The van der Waals surface area contributed by atoms with Crippen LogP contribution in [-0.2, 0) is 6.54 Å². The first-order valence-electron chi connectivity index (χ1n) is 11.1. The van der Waals surface area contributed by atoms with Gasteiger partial charge < -0.3 is 10.2 Å². The molecule has 32 heavy (non-hydrogen) atoms. The minimum atomic E-state index is -0.0877. The SMILES string of the molecule is C=C(C)Nc1ccn(C(=O)N2CCN(Cc3ccc(-c4ccccc4)cc3C)C[C@H]2C)n1. The van der Waals surface area contributed by atoms with E-state index in [-0.39, 0.29) is 12.1 Å². The largest absolute Gasteiger partial charge is 0.345 e. The first kappa shape index (κ1) is 21.8. The smallest absolute Gasteiger partial charge is 0.343 e. The molecule has 3 aromatic rings. The second kappa shape index (κ2) is 9.40. The van der Waals surface area contributed by atoms with E-state index in [1.807, 2.05) is 17.9 Å². The molecule has 2 aromatic carbocycles. The Morgan fingerprint density at radius 2 is 1.91 bits per heavy atom. The Balaban J connectivity index is 1.38. The topological polar surface area (TPSA) is 53.4 Å². The second-order valence-electron chi connectivity index (χ2n) is 8.62. The monoisotopic (exact) mass is 429 g/mol. The van der Waals surface area contributed by atoms with E-state index in [0.717, 1.165) is 25.3 Å². The van der Waals surface area contributed by atoms with Crippen LogP contribution in [0.25, 0.3) is 11.1 Å². The van der Waals surface area contributed by atoms with Gasteiger partial charge in [-0.3, -0.25) is 4.90 Å². The Labute approximate surface area is 190 Å². The van der Waals surface area contributed by atoms with Crippen molar-refractivity contribution in [2.24, 2.45) is 0 Å². The normalized spacial score (nSPS) is 16.7. The first-order valence-corrected chi connectivity index (χ1v) is 11.1. The number of nitrogens with zero attached hydrogens (tertiary/aromatic N) is 4. The van der Waals surface area contributed by atoms with Gasteiger partial charge in [0, 0.05) is 50.2 Å². The molecule has 0 unspecified atom stereocenters. The highest BCUT2D eigenvalue weighted by atomic mass is 16.2. The summed E-state index contributed by atoms with van der Waals surface area (Å²) < 4.78 is 1.41. The van der Waals surface area contributed by atoms with Crippen LogP contribution in [0.15, 0.2) is 73.1 Å². The quantitative estimate of drug-likeness (QED) is 0.622. The van der Waals surface area contributed by atoms with Crippen LogP contribution in [0.5, 0.6) is 0 Å². The van der Waals surface area contributed by atoms with E-state index in [1.54, 1.807) is 12.3 Å². The molecule has 0 aliphatic carbocycles. The fraction of sp³-hybridized carbons (Fsp3) is 0.308. The lowest BCUT2D eigenvalue weighted by molar-refractivity contribution is 0.0967. The van der Waals surface area contributed by atoms with Gasteiger partial charge in [-0.25, -0.2) is 4.79 Å². The number of aryl methyl sites for hydroxylation is 1. The van der Waals surface area contributed by atoms with Gasteiger partial charge in [0.25, 0.3) is 0 Å². The predicted octanol–water partition coefficient (Wildman–Crippen LogP) is 4.98. The van der Waals surface area contributed by atoms with E-state index in [9.17, 15) is 4.79 Å². The molecule has 6 heteroatoms. The van der Waals surface area contributed by atoms with Crippen molar-refractivity contribution in [2.45, 2.75) is 33.4 Å². The summed E-state index contributed by atoms with van der Waals surface area (Å²) in [6.45, 7) is 13.2. The summed E-state index contributed by atoms with van der Waals surface area (Å²) in [7, 11) is 0. The Bertz CT molecular complexity index is 1100. The molecule has 1 atom stereocenters. The van der Waals surface area contributed by atoms with Gasteiger partial charge in [0.2, 0.25) is 0 Å². The summed E-state index contributed by atoms with van der Waals surface area (Å²) >= 11 is 0. The third kappa shape index (κ3) is 4.92. The summed E-state index contributed by atoms with van der Waals surface area (Å²) in [5.41, 5.74) is 5.90. The van der Waals surface area contributed by atoms with Crippen molar-refractivity contribution < 1.29 is 4.79 Å². The minimum absolute atomic E-state index is 0.0877. The van der Waals surface area contributed by atoms with E-state index in [2.05, 4.69) is 78.2 Å². The third-order valence-electron chi connectivity index (χ3n) is 5.93. The molecule has 1 aromatic heterocycles. The van der Waals surface area contributed by atoms with Gasteiger partial charge in [-0.05, 0) is 43.0 Å². The van der Waals surface area contributed by atoms with Gasteiger partial charge in [0.1, 0.15) is 0 Å². The number of carbonyl (C=O) groups excluding carboxylic acids is 1. The number of hydrogen-bond acceptors (Lipinski definition) is 4. The van der Waals surface area contributed by atoms with Gasteiger partial charge in [-0.15, -0.1) is 5.10 Å². The van der Waals surface area contributed by atoms with Crippen LogP contribution in [-0.4, -0.2) is 51.3 Å². The molecular weight excluding hydrogens is 398 g/mol. The highest BCUT2D eigenvalue weighted by Crippen LogP contribution is 2.24. The fourth-order valence-electron chi connectivity index (χ4n) is 4.23. The van der Waals surface area contributed by atoms with Crippen LogP contribution in [0.3, 0.4) is 0 Å². The van der Waals surface area contributed by atoms with E-state index in [1.165, 1.54) is 26.9 Å². The van der Waals surface area contributed by atoms with Gasteiger partial charge in [0.15, 0.2) is 5.82 Å². The molecule has 0 saturated carbocycles. The number of allylic oxidation sites excluding steroid dienone is 1. The molecule has 166 valence electrons. The van der Waals surface area contributed by atoms with E-state index < -0.39 is 0 Å². The Morgan fingerprint density at radius 1 is 1.12 bits per heavy atom. The Hall–Kier alpha value is -3.38. The molecule has 1 aliphatic rings. The van der Waals surface area contributed by atoms with Crippen LogP contribution in [0.2, 0.25) is 0 Å². The second-order valence-corrected chi connectivity index (χ2v) is 8.62. The molecule has 6 nitrogen and oxygen atoms in total. The molecule has 1 saturated heterocycles. The summed E-state index contributed by atoms with van der Waals surface area (Å²) in [6, 6.07) is 19.0. The van der Waals surface area contributed by atoms with E-state index in [0.29, 0.717) is 12.4 Å². The summed E-state index contributed by atoms with van der Waals surface area (Å²) in [6.07, 6.45) is 1.70. The first-order chi connectivity index (χ1) is 15.4. The summed E-state index contributed by atoms with van der Waals surface area (Å²) in [4.78, 5) is 17.3. The molecule has 0 spiro atoms. The number of piperazine rings is 1. The highest BCUT2D eigenvalue weighted by Gasteiger charge is 2.29. The van der Waals surface area contributed by atoms with Crippen LogP contribution < -0.4 is 5.32 Å². The summed E-state index contributed by atoms with van der Waals surface area (Å²) in [5.74, 6) is 0.631. The van der Waals surface area contributed by atoms with Crippen molar-refractivity contribution in [1.29, 1.82) is 0 Å². The standard InChI is InChI=1S/C26H31N5O/c1-19(2)27-25-12-13-31(28-25)26(32)30-15-14-29(17-21(30)4)18-24-11-10-23(16-20(24)3)22-8-6-5-7-9-22/h5-13,16,21H,1,14-15,17-18H2,2-4H3,(H,27,28)/t21-/m1/s1. The zero-order valence-electron chi connectivity index (χ0n) is 19.1. The average molecular weight is 430 g/mol. The lowest BCUT2D eigenvalue weighted by Crippen LogP contribution is -2.54. The number of amides is 1. The number of benzene rings is 2. The lowest BCUT2D eigenvalue weighted by Gasteiger charge is -2.39. The number of nitrogens with one attached hydrogen (secondary N) is 1. The minimum Gasteiger partial charge on any atom is -0.343 e. The van der Waals surface area contributed by atoms with Crippen molar-refractivity contribution >= 4 is 11.8 Å². The van der Waals surface area contributed by atoms with Crippen molar-refractivity contribution in [3.05, 3.63) is 84.2 Å². The number of anilines is 1. The number of hydrogen-bond donors (Lipinski definition) is 1. The average Bonchev–Trinajstić information content (AvgIpc) is 3.23. The predicted molar refractivity (Wildman–Crippen MR) is 130 cm³/mol. The van der Waals surface area contributed by atoms with Crippen LogP contribution in [0, 0.1) is 6.92 Å². The Morgan fingerprint density at radius 3 is 2.59 bits per heavy atom. The lowest BCUT2D eigenvalue weighted by atomic mass is 9.99. The molecule has 1 amide bonds. The maximum Gasteiger partial charge on any atom is 0.345 e. The molecule has 1 fully saturated rings. The summed E-state index contributed by atoms with van der Waals surface area (Å²) in [5, 5.41) is 7.37. The highest BCUT2D eigenvalue weighted by molar-refractivity contribution is 5.77. The number of carbonyl (C=O) groups is 1. The number of aromatic nitrogens is 2. The zero-order chi connectivity index (χ0) is 22.7. The molecule has 1 N–H and O–H groups in total. The maximum absolute atomic E-state index is 13.0. The molecule has 4 rings (SSSR count). The molecule has 0 bridgehead atoms. The molecule has 0 radical (unpaired) electrons. The molecule has 1 aliphatic heterocycles. The van der Waals surface area contributed by atoms with Gasteiger partial charge in [-0.1, -0.05) is 55.1 Å². The third-order valence-corrected chi connectivity index (χ3v) is 5.93. The molecular formula is C26H31N5O. The van der Waals surface area contributed by atoms with Gasteiger partial charge >= 0.3 is 6.03 Å². The fourth-order valence-corrected chi connectivity index (χ4v) is 4.23. The zero-order valence-corrected chi connectivity index (χ0v) is 19.1. The number of rotatable bonds is 5. The van der Waals surface area contributed by atoms with Gasteiger partial charge in [0.05, 0.1) is 0 Å². The maximum atomic E-state index is 13.0. The van der Waals surface area contributed by atoms with E-state index >= 15 is 0 Å². The Kier molecular flexibility index (Phi) is 6.42. The van der Waals surface area contributed by atoms with Gasteiger partial charge in [-0.2, -0.15) is 4.68 Å². The van der Waals surface area contributed by atoms with Crippen molar-refractivity contribution in [3.63, 3.8) is 0 Å². The van der Waals surface area contributed by atoms with Crippen LogP contribution in [0.4, 0.5) is 10.6 Å². The van der Waals surface area contributed by atoms with Crippen LogP contribution >= 0.6 is 0 Å². The van der Waals surface area contributed by atoms with Crippen LogP contribution in [0.1, 0.15) is 25.0 Å². The van der Waals surface area contributed by atoms with E-state index in [4.69, 9.17) is 0 Å².